The van der Waals surface area contributed by atoms with Crippen LogP contribution >= 0.6 is 0 Å². The van der Waals surface area contributed by atoms with E-state index in [0.29, 0.717) is 0 Å². The van der Waals surface area contributed by atoms with E-state index in [2.05, 4.69) is 0 Å². The van der Waals surface area contributed by atoms with Crippen molar-refractivity contribution in [3.63, 3.8) is 0 Å². The van der Waals surface area contributed by atoms with Gasteiger partial charge in [-0.2, -0.15) is 0 Å². The van der Waals surface area contributed by atoms with Gasteiger partial charge in [-0.25, -0.2) is 4.39 Å². The minimum atomic E-state index is -0.362. The molecule has 0 fully saturated rings. The average molecular weight is 195 g/mol. The molecule has 0 amide bonds. The van der Waals surface area contributed by atoms with Crippen LogP contribution in [0.5, 0.6) is 5.75 Å². The lowest BCUT2D eigenvalue weighted by molar-refractivity contribution is 0.386. The van der Waals surface area contributed by atoms with Gasteiger partial charge in [0.1, 0.15) is 0 Å². The van der Waals surface area contributed by atoms with Crippen LogP contribution in [-0.4, -0.2) is 13.2 Å². The molecule has 0 saturated carbocycles. The third-order valence-corrected chi connectivity index (χ3v) is 1.77. The summed E-state index contributed by atoms with van der Waals surface area (Å²) in [4.78, 5) is 0. The minimum Gasteiger partial charge on any atom is -0.494 e. The number of halogens is 1. The van der Waals surface area contributed by atoms with E-state index >= 15 is 0 Å². The van der Waals surface area contributed by atoms with Crippen LogP contribution in [0.1, 0.15) is 12.5 Å². The van der Waals surface area contributed by atoms with Gasteiger partial charge in [0.2, 0.25) is 0 Å². The number of ether oxygens (including phenoxy) is 1. The highest BCUT2D eigenvalue weighted by atomic mass is 19.1. The third-order valence-electron chi connectivity index (χ3n) is 1.77. The zero-order valence-corrected chi connectivity index (χ0v) is 8.33. The van der Waals surface area contributed by atoms with Crippen molar-refractivity contribution < 1.29 is 9.13 Å². The number of methoxy groups -OCH3 is 1. The second-order valence-corrected chi connectivity index (χ2v) is 3.11. The molecule has 14 heavy (non-hydrogen) atoms. The summed E-state index contributed by atoms with van der Waals surface area (Å²) in [6, 6.07) is 4.76. The van der Waals surface area contributed by atoms with Gasteiger partial charge in [-0.15, -0.1) is 0 Å². The maximum absolute atomic E-state index is 13.2. The molecule has 0 bridgehead atoms. The summed E-state index contributed by atoms with van der Waals surface area (Å²) in [6.45, 7) is 1.86. The van der Waals surface area contributed by atoms with E-state index in [1.165, 1.54) is 13.2 Å². The Morgan fingerprint density at radius 1 is 1.50 bits per heavy atom. The molecule has 76 valence electrons. The fraction of sp³-hybridized carbons (Fsp3) is 0.273. The SMILES string of the molecule is COc1ccc(/C=C/C(C)N)cc1F. The summed E-state index contributed by atoms with van der Waals surface area (Å²) < 4.78 is 18.0. The molecule has 0 aliphatic heterocycles. The summed E-state index contributed by atoms with van der Waals surface area (Å²) in [7, 11) is 1.44. The van der Waals surface area contributed by atoms with E-state index in [4.69, 9.17) is 10.5 Å². The molecule has 1 atom stereocenters. The molecule has 3 heteroatoms. The van der Waals surface area contributed by atoms with Crippen LogP contribution in [0, 0.1) is 5.82 Å². The Labute approximate surface area is 83.2 Å². The first-order chi connectivity index (χ1) is 6.63. The smallest absolute Gasteiger partial charge is 0.165 e. The molecule has 1 aromatic carbocycles. The topological polar surface area (TPSA) is 35.2 Å². The lowest BCUT2D eigenvalue weighted by atomic mass is 10.1. The first kappa shape index (κ1) is 10.7. The van der Waals surface area contributed by atoms with Gasteiger partial charge in [-0.05, 0) is 24.6 Å². The summed E-state index contributed by atoms with van der Waals surface area (Å²) in [5.41, 5.74) is 6.31. The zero-order valence-electron chi connectivity index (χ0n) is 8.33. The monoisotopic (exact) mass is 195 g/mol. The molecule has 2 nitrogen and oxygen atoms in total. The highest BCUT2D eigenvalue weighted by Crippen LogP contribution is 2.18. The Kier molecular flexibility index (Phi) is 3.65. The van der Waals surface area contributed by atoms with E-state index in [0.717, 1.165) is 5.56 Å². The van der Waals surface area contributed by atoms with Crippen molar-refractivity contribution in [2.45, 2.75) is 13.0 Å². The Morgan fingerprint density at radius 3 is 2.71 bits per heavy atom. The predicted octanol–water partition coefficient (Wildman–Crippen LogP) is 2.19. The van der Waals surface area contributed by atoms with E-state index in [1.54, 1.807) is 24.3 Å². The Balaban J connectivity index is 2.86. The molecule has 1 unspecified atom stereocenters. The lowest BCUT2D eigenvalue weighted by Gasteiger charge is -2.02. The first-order valence-electron chi connectivity index (χ1n) is 4.41. The Morgan fingerprint density at radius 2 is 2.21 bits per heavy atom. The highest BCUT2D eigenvalue weighted by molar-refractivity contribution is 5.51. The number of rotatable bonds is 3. The van der Waals surface area contributed by atoms with Gasteiger partial charge >= 0.3 is 0 Å². The van der Waals surface area contributed by atoms with E-state index in [-0.39, 0.29) is 17.6 Å². The maximum atomic E-state index is 13.2. The van der Waals surface area contributed by atoms with Crippen LogP contribution in [0.2, 0.25) is 0 Å². The summed E-state index contributed by atoms with van der Waals surface area (Å²) >= 11 is 0. The summed E-state index contributed by atoms with van der Waals surface area (Å²) in [5.74, 6) is -0.109. The van der Waals surface area contributed by atoms with E-state index in [1.807, 2.05) is 6.92 Å². The summed E-state index contributed by atoms with van der Waals surface area (Å²) in [5, 5.41) is 0. The molecule has 0 saturated heterocycles. The number of hydrogen-bond acceptors (Lipinski definition) is 2. The second-order valence-electron chi connectivity index (χ2n) is 3.11. The third kappa shape index (κ3) is 2.85. The largest absolute Gasteiger partial charge is 0.494 e. The van der Waals surface area contributed by atoms with Gasteiger partial charge in [-0.1, -0.05) is 18.2 Å². The van der Waals surface area contributed by atoms with Crippen LogP contribution < -0.4 is 10.5 Å². The fourth-order valence-corrected chi connectivity index (χ4v) is 1.05. The molecule has 0 radical (unpaired) electrons. The Hall–Kier alpha value is -1.35. The average Bonchev–Trinajstić information content (AvgIpc) is 2.15. The van der Waals surface area contributed by atoms with Crippen molar-refractivity contribution >= 4 is 6.08 Å². The van der Waals surface area contributed by atoms with Crippen molar-refractivity contribution in [3.8, 4) is 5.75 Å². The number of nitrogens with two attached hydrogens (primary N) is 1. The van der Waals surface area contributed by atoms with Gasteiger partial charge < -0.3 is 10.5 Å². The standard InChI is InChI=1S/C11H14FNO/c1-8(13)3-4-9-5-6-11(14-2)10(12)7-9/h3-8H,13H2,1-2H3/b4-3+. The lowest BCUT2D eigenvalue weighted by Crippen LogP contribution is -2.09. The molecule has 0 aliphatic rings. The van der Waals surface area contributed by atoms with Crippen LogP contribution in [0.25, 0.3) is 6.08 Å². The molecule has 0 aromatic heterocycles. The van der Waals surface area contributed by atoms with Crippen molar-refractivity contribution in [1.82, 2.24) is 0 Å². The van der Waals surface area contributed by atoms with Crippen molar-refractivity contribution in [2.75, 3.05) is 7.11 Å². The van der Waals surface area contributed by atoms with Gasteiger partial charge in [0, 0.05) is 6.04 Å². The van der Waals surface area contributed by atoms with Gasteiger partial charge in [0.05, 0.1) is 7.11 Å². The minimum absolute atomic E-state index is 0.0276. The van der Waals surface area contributed by atoms with E-state index in [9.17, 15) is 4.39 Å². The molecule has 0 heterocycles. The zero-order chi connectivity index (χ0) is 10.6. The quantitative estimate of drug-likeness (QED) is 0.802. The molecule has 0 aliphatic carbocycles. The normalized spacial score (nSPS) is 13.1. The van der Waals surface area contributed by atoms with Gasteiger partial charge in [0.15, 0.2) is 11.6 Å². The number of benzene rings is 1. The molecule has 1 aromatic rings. The predicted molar refractivity (Wildman–Crippen MR) is 55.6 cm³/mol. The molecule has 0 spiro atoms. The first-order valence-corrected chi connectivity index (χ1v) is 4.41. The Bertz CT molecular complexity index is 334. The van der Waals surface area contributed by atoms with Crippen LogP contribution in [0.15, 0.2) is 24.3 Å². The molecule has 1 rings (SSSR count). The molecular formula is C11H14FNO. The molecule has 2 N–H and O–H groups in total. The van der Waals surface area contributed by atoms with Crippen molar-refractivity contribution in [1.29, 1.82) is 0 Å². The molecular weight excluding hydrogens is 181 g/mol. The number of hydrogen-bond donors (Lipinski definition) is 1. The van der Waals surface area contributed by atoms with Crippen LogP contribution in [0.3, 0.4) is 0 Å². The van der Waals surface area contributed by atoms with Crippen LogP contribution in [0.4, 0.5) is 4.39 Å². The van der Waals surface area contributed by atoms with Crippen molar-refractivity contribution in [3.05, 3.63) is 35.7 Å². The van der Waals surface area contributed by atoms with E-state index < -0.39 is 0 Å². The summed E-state index contributed by atoms with van der Waals surface area (Å²) in [6.07, 6.45) is 3.59. The second kappa shape index (κ2) is 4.77. The van der Waals surface area contributed by atoms with Gasteiger partial charge in [-0.3, -0.25) is 0 Å². The van der Waals surface area contributed by atoms with Gasteiger partial charge in [0.25, 0.3) is 0 Å². The highest BCUT2D eigenvalue weighted by Gasteiger charge is 2.00. The van der Waals surface area contributed by atoms with Crippen LogP contribution in [-0.2, 0) is 0 Å². The van der Waals surface area contributed by atoms with Crippen molar-refractivity contribution in [2.24, 2.45) is 5.73 Å². The fourth-order valence-electron chi connectivity index (χ4n) is 1.05. The maximum Gasteiger partial charge on any atom is 0.165 e.